The van der Waals surface area contributed by atoms with E-state index in [1.54, 1.807) is 6.92 Å². The van der Waals surface area contributed by atoms with Crippen molar-refractivity contribution in [1.29, 1.82) is 0 Å². The van der Waals surface area contributed by atoms with Crippen molar-refractivity contribution in [2.75, 3.05) is 11.9 Å². The zero-order chi connectivity index (χ0) is 17.8. The molecular weight excluding hydrogens is 346 g/mol. The average Bonchev–Trinajstić information content (AvgIpc) is 2.42. The Hall–Kier alpha value is -1.55. The summed E-state index contributed by atoms with van der Waals surface area (Å²) in [6.07, 6.45) is -9.39. The van der Waals surface area contributed by atoms with Gasteiger partial charge >= 0.3 is 12.4 Å². The van der Waals surface area contributed by atoms with Crippen LogP contribution in [-0.2, 0) is 12.4 Å². The number of anilines is 1. The molecule has 130 valence electrons. The fourth-order valence-corrected chi connectivity index (χ4v) is 1.94. The fourth-order valence-electron chi connectivity index (χ4n) is 1.66. The van der Waals surface area contributed by atoms with Crippen molar-refractivity contribution in [3.05, 3.63) is 29.3 Å². The van der Waals surface area contributed by atoms with Crippen molar-refractivity contribution < 1.29 is 31.4 Å². The molecule has 3 N–H and O–H groups in total. The Morgan fingerprint density at radius 2 is 1.57 bits per heavy atom. The maximum absolute atomic E-state index is 12.7. The number of rotatable bonds is 4. The van der Waals surface area contributed by atoms with Crippen molar-refractivity contribution in [3.63, 3.8) is 0 Å². The third kappa shape index (κ3) is 5.87. The SMILES string of the molecule is CC[C@@H](CO)NC(=S)Nc1cc(C(F)(F)F)cc(C(F)(F)F)c1. The lowest BCUT2D eigenvalue weighted by molar-refractivity contribution is -0.143. The van der Waals surface area contributed by atoms with Crippen molar-refractivity contribution in [2.45, 2.75) is 31.7 Å². The van der Waals surface area contributed by atoms with Crippen LogP contribution in [0.15, 0.2) is 18.2 Å². The Balaban J connectivity index is 3.08. The van der Waals surface area contributed by atoms with Gasteiger partial charge in [0.2, 0.25) is 0 Å². The molecule has 0 bridgehead atoms. The van der Waals surface area contributed by atoms with E-state index in [2.05, 4.69) is 10.6 Å². The summed E-state index contributed by atoms with van der Waals surface area (Å²) in [7, 11) is 0. The molecule has 0 aliphatic rings. The summed E-state index contributed by atoms with van der Waals surface area (Å²) in [5, 5.41) is 13.7. The summed E-state index contributed by atoms with van der Waals surface area (Å²) >= 11 is 4.82. The Morgan fingerprint density at radius 3 is 1.91 bits per heavy atom. The molecule has 10 heteroatoms. The summed E-state index contributed by atoms with van der Waals surface area (Å²) in [5.74, 6) is 0. The van der Waals surface area contributed by atoms with Crippen LogP contribution in [0.1, 0.15) is 24.5 Å². The van der Waals surface area contributed by atoms with Gasteiger partial charge in [0.15, 0.2) is 5.11 Å². The number of halogens is 6. The minimum absolute atomic E-state index is 0.0320. The van der Waals surface area contributed by atoms with Crippen LogP contribution in [0.2, 0.25) is 0 Å². The molecule has 1 atom stereocenters. The molecule has 0 spiro atoms. The van der Waals surface area contributed by atoms with Crippen LogP contribution < -0.4 is 10.6 Å². The second-order valence-electron chi connectivity index (χ2n) is 4.68. The van der Waals surface area contributed by atoms with E-state index in [1.807, 2.05) is 0 Å². The van der Waals surface area contributed by atoms with Gasteiger partial charge in [0.1, 0.15) is 0 Å². The second kappa shape index (κ2) is 7.35. The lowest BCUT2D eigenvalue weighted by Gasteiger charge is -2.19. The molecule has 0 saturated carbocycles. The van der Waals surface area contributed by atoms with Gasteiger partial charge in [0.25, 0.3) is 0 Å². The van der Waals surface area contributed by atoms with E-state index in [1.165, 1.54) is 0 Å². The van der Waals surface area contributed by atoms with Crippen molar-refractivity contribution in [1.82, 2.24) is 5.32 Å². The molecule has 0 saturated heterocycles. The molecule has 0 aromatic heterocycles. The third-order valence-corrected chi connectivity index (χ3v) is 3.11. The van der Waals surface area contributed by atoms with Gasteiger partial charge in [-0.25, -0.2) is 0 Å². The van der Waals surface area contributed by atoms with Gasteiger partial charge in [-0.3, -0.25) is 0 Å². The summed E-state index contributed by atoms with van der Waals surface area (Å²) < 4.78 is 76.3. The number of alkyl halides is 6. The van der Waals surface area contributed by atoms with Crippen LogP contribution in [0.4, 0.5) is 32.0 Å². The highest BCUT2D eigenvalue weighted by atomic mass is 32.1. The molecular formula is C13H14F6N2OS. The van der Waals surface area contributed by atoms with Gasteiger partial charge in [0.05, 0.1) is 23.8 Å². The number of nitrogens with one attached hydrogen (secondary N) is 2. The monoisotopic (exact) mass is 360 g/mol. The highest BCUT2D eigenvalue weighted by Crippen LogP contribution is 2.37. The van der Waals surface area contributed by atoms with Crippen LogP contribution >= 0.6 is 12.2 Å². The van der Waals surface area contributed by atoms with Gasteiger partial charge in [0, 0.05) is 5.69 Å². The zero-order valence-corrected chi connectivity index (χ0v) is 12.7. The highest BCUT2D eigenvalue weighted by molar-refractivity contribution is 7.80. The Labute approximate surface area is 133 Å². The van der Waals surface area contributed by atoms with E-state index in [-0.39, 0.29) is 17.8 Å². The third-order valence-electron chi connectivity index (χ3n) is 2.89. The zero-order valence-electron chi connectivity index (χ0n) is 11.8. The standard InChI is InChI=1S/C13H14F6N2OS/c1-2-9(6-22)20-11(23)21-10-4-7(12(14,15)16)3-8(5-10)13(17,18)19/h3-5,9,22H,2,6H2,1H3,(H2,20,21,23)/t9-/m0/s1. The highest BCUT2D eigenvalue weighted by Gasteiger charge is 2.37. The van der Waals surface area contributed by atoms with E-state index in [0.717, 1.165) is 0 Å². The molecule has 0 aliphatic carbocycles. The molecule has 3 nitrogen and oxygen atoms in total. The lowest BCUT2D eigenvalue weighted by atomic mass is 10.1. The first-order chi connectivity index (χ1) is 10.5. The minimum Gasteiger partial charge on any atom is -0.394 e. The number of aliphatic hydroxyl groups is 1. The second-order valence-corrected chi connectivity index (χ2v) is 5.09. The molecule has 23 heavy (non-hydrogen) atoms. The normalized spacial score (nSPS) is 13.6. The summed E-state index contributed by atoms with van der Waals surface area (Å²) in [6.45, 7) is 1.44. The van der Waals surface area contributed by atoms with Gasteiger partial charge in [-0.05, 0) is 36.8 Å². The van der Waals surface area contributed by atoms with E-state index in [9.17, 15) is 26.3 Å². The van der Waals surface area contributed by atoms with Gasteiger partial charge in [-0.1, -0.05) is 6.92 Å². The predicted molar refractivity (Wildman–Crippen MR) is 77.0 cm³/mol. The minimum atomic E-state index is -4.93. The quantitative estimate of drug-likeness (QED) is 0.565. The molecule has 0 radical (unpaired) electrons. The molecule has 1 aromatic rings. The van der Waals surface area contributed by atoms with Crippen LogP contribution in [0, 0.1) is 0 Å². The largest absolute Gasteiger partial charge is 0.416 e. The first-order valence-corrected chi connectivity index (χ1v) is 6.86. The first kappa shape index (κ1) is 19.5. The maximum atomic E-state index is 12.7. The topological polar surface area (TPSA) is 44.3 Å². The predicted octanol–water partition coefficient (Wildman–Crippen LogP) is 3.78. The number of thiocarbonyl (C=S) groups is 1. The van der Waals surface area contributed by atoms with Crippen LogP contribution in [0.5, 0.6) is 0 Å². The summed E-state index contributed by atoms with van der Waals surface area (Å²) in [6, 6.07) is 0.638. The van der Waals surface area contributed by atoms with E-state index in [4.69, 9.17) is 17.3 Å². The van der Waals surface area contributed by atoms with Gasteiger partial charge in [-0.2, -0.15) is 26.3 Å². The summed E-state index contributed by atoms with van der Waals surface area (Å²) in [5.41, 5.74) is -3.32. The molecule has 0 unspecified atom stereocenters. The van der Waals surface area contributed by atoms with E-state index < -0.39 is 35.2 Å². The van der Waals surface area contributed by atoms with E-state index in [0.29, 0.717) is 18.6 Å². The smallest absolute Gasteiger partial charge is 0.394 e. The van der Waals surface area contributed by atoms with Crippen LogP contribution in [0.25, 0.3) is 0 Å². The Morgan fingerprint density at radius 1 is 1.09 bits per heavy atom. The van der Waals surface area contributed by atoms with E-state index >= 15 is 0 Å². The maximum Gasteiger partial charge on any atom is 0.416 e. The lowest BCUT2D eigenvalue weighted by Crippen LogP contribution is -2.39. The fraction of sp³-hybridized carbons (Fsp3) is 0.462. The van der Waals surface area contributed by atoms with Crippen LogP contribution in [0.3, 0.4) is 0 Å². The number of benzene rings is 1. The molecule has 1 aromatic carbocycles. The van der Waals surface area contributed by atoms with Crippen molar-refractivity contribution >= 4 is 23.0 Å². The molecule has 0 aliphatic heterocycles. The molecule has 0 amide bonds. The summed E-state index contributed by atoms with van der Waals surface area (Å²) in [4.78, 5) is 0. The number of aliphatic hydroxyl groups excluding tert-OH is 1. The molecule has 1 rings (SSSR count). The molecule has 0 heterocycles. The first-order valence-electron chi connectivity index (χ1n) is 6.45. The van der Waals surface area contributed by atoms with Crippen molar-refractivity contribution in [2.24, 2.45) is 0 Å². The average molecular weight is 360 g/mol. The van der Waals surface area contributed by atoms with Gasteiger partial charge in [-0.15, -0.1) is 0 Å². The number of hydrogen-bond donors (Lipinski definition) is 3. The van der Waals surface area contributed by atoms with Gasteiger partial charge < -0.3 is 15.7 Å². The Kier molecular flexibility index (Phi) is 6.23. The van der Waals surface area contributed by atoms with Crippen LogP contribution in [-0.4, -0.2) is 22.9 Å². The van der Waals surface area contributed by atoms with Crippen molar-refractivity contribution in [3.8, 4) is 0 Å². The number of hydrogen-bond acceptors (Lipinski definition) is 2. The molecule has 0 fully saturated rings. The Bertz CT molecular complexity index is 522.